The lowest BCUT2D eigenvalue weighted by atomic mass is 9.84. The van der Waals surface area contributed by atoms with Crippen molar-refractivity contribution in [1.29, 1.82) is 0 Å². The van der Waals surface area contributed by atoms with Crippen molar-refractivity contribution >= 4 is 11.3 Å². The molecule has 0 aliphatic heterocycles. The average molecular weight is 254 g/mol. The second-order valence-electron chi connectivity index (χ2n) is 5.85. The van der Waals surface area contributed by atoms with Gasteiger partial charge in [-0.2, -0.15) is 0 Å². The highest BCUT2D eigenvalue weighted by atomic mass is 32.1. The van der Waals surface area contributed by atoms with Gasteiger partial charge < -0.3 is 5.32 Å². The lowest BCUT2D eigenvalue weighted by Gasteiger charge is -2.30. The molecule has 0 bridgehead atoms. The fourth-order valence-corrected chi connectivity index (χ4v) is 3.09. The van der Waals surface area contributed by atoms with E-state index < -0.39 is 0 Å². The van der Waals surface area contributed by atoms with Gasteiger partial charge in [0.1, 0.15) is 0 Å². The number of nitrogens with one attached hydrogen (secondary N) is 1. The predicted octanol–water partition coefficient (Wildman–Crippen LogP) is 3.72. The SMILES string of the molecule is CNC(CCCc1nc(C)c(C)s1)C(C)(C)C. The van der Waals surface area contributed by atoms with Crippen molar-refractivity contribution in [3.05, 3.63) is 15.6 Å². The van der Waals surface area contributed by atoms with Gasteiger partial charge in [-0.25, -0.2) is 4.98 Å². The Morgan fingerprint density at radius 2 is 1.94 bits per heavy atom. The van der Waals surface area contributed by atoms with Crippen LogP contribution in [0.15, 0.2) is 0 Å². The van der Waals surface area contributed by atoms with Crippen molar-refractivity contribution in [3.63, 3.8) is 0 Å². The van der Waals surface area contributed by atoms with Gasteiger partial charge in [0, 0.05) is 10.9 Å². The monoisotopic (exact) mass is 254 g/mol. The summed E-state index contributed by atoms with van der Waals surface area (Å²) < 4.78 is 0. The minimum absolute atomic E-state index is 0.337. The average Bonchev–Trinajstić information content (AvgIpc) is 2.51. The number of aryl methyl sites for hydroxylation is 3. The summed E-state index contributed by atoms with van der Waals surface area (Å²) in [7, 11) is 2.06. The largest absolute Gasteiger partial charge is 0.316 e. The molecule has 0 aromatic carbocycles. The first-order valence-corrected chi connectivity index (χ1v) is 7.26. The minimum atomic E-state index is 0.337. The Labute approximate surface area is 110 Å². The predicted molar refractivity (Wildman–Crippen MR) is 76.8 cm³/mol. The van der Waals surface area contributed by atoms with Gasteiger partial charge in [-0.1, -0.05) is 20.8 Å². The maximum Gasteiger partial charge on any atom is 0.0930 e. The molecule has 1 aromatic heterocycles. The third-order valence-electron chi connectivity index (χ3n) is 3.35. The van der Waals surface area contributed by atoms with Gasteiger partial charge in [0.2, 0.25) is 0 Å². The summed E-state index contributed by atoms with van der Waals surface area (Å²) >= 11 is 1.85. The first-order valence-electron chi connectivity index (χ1n) is 6.44. The smallest absolute Gasteiger partial charge is 0.0930 e. The van der Waals surface area contributed by atoms with Gasteiger partial charge in [-0.15, -0.1) is 11.3 Å². The molecule has 3 heteroatoms. The molecule has 0 saturated heterocycles. The standard InChI is InChI=1S/C14H26N2S/c1-10-11(2)17-13(16-10)9-7-8-12(15-6)14(3,4)5/h12,15H,7-9H2,1-6H3. The summed E-state index contributed by atoms with van der Waals surface area (Å²) in [5.74, 6) is 0. The molecule has 1 N–H and O–H groups in total. The van der Waals surface area contributed by atoms with E-state index in [2.05, 4.69) is 52.0 Å². The molecular formula is C14H26N2S. The van der Waals surface area contributed by atoms with E-state index in [9.17, 15) is 0 Å². The van der Waals surface area contributed by atoms with Crippen molar-refractivity contribution < 1.29 is 0 Å². The van der Waals surface area contributed by atoms with Crippen LogP contribution in [0.5, 0.6) is 0 Å². The summed E-state index contributed by atoms with van der Waals surface area (Å²) in [6.45, 7) is 11.1. The Morgan fingerprint density at radius 3 is 2.35 bits per heavy atom. The van der Waals surface area contributed by atoms with Crippen LogP contribution in [0.2, 0.25) is 0 Å². The molecule has 0 aliphatic carbocycles. The Bertz CT molecular complexity index is 330. The molecule has 1 atom stereocenters. The van der Waals surface area contributed by atoms with E-state index in [0.29, 0.717) is 11.5 Å². The minimum Gasteiger partial charge on any atom is -0.316 e. The zero-order valence-electron chi connectivity index (χ0n) is 12.1. The van der Waals surface area contributed by atoms with E-state index in [1.165, 1.54) is 28.4 Å². The van der Waals surface area contributed by atoms with Crippen LogP contribution in [0.25, 0.3) is 0 Å². The Kier molecular flexibility index (Phi) is 5.14. The number of hydrogen-bond donors (Lipinski definition) is 1. The van der Waals surface area contributed by atoms with Gasteiger partial charge in [0.15, 0.2) is 0 Å². The number of thiazole rings is 1. The van der Waals surface area contributed by atoms with Gasteiger partial charge in [-0.3, -0.25) is 0 Å². The fourth-order valence-electron chi connectivity index (χ4n) is 2.11. The summed E-state index contributed by atoms with van der Waals surface area (Å²) in [6.07, 6.45) is 3.56. The molecule has 1 aromatic rings. The molecule has 17 heavy (non-hydrogen) atoms. The molecule has 0 aliphatic rings. The van der Waals surface area contributed by atoms with Crippen LogP contribution in [0.4, 0.5) is 0 Å². The lowest BCUT2D eigenvalue weighted by Crippen LogP contribution is -2.37. The van der Waals surface area contributed by atoms with Crippen LogP contribution in [-0.4, -0.2) is 18.1 Å². The Morgan fingerprint density at radius 1 is 1.29 bits per heavy atom. The molecule has 1 heterocycles. The van der Waals surface area contributed by atoms with E-state index in [4.69, 9.17) is 0 Å². The Balaban J connectivity index is 2.41. The highest BCUT2D eigenvalue weighted by Gasteiger charge is 2.22. The number of hydrogen-bond acceptors (Lipinski definition) is 3. The highest BCUT2D eigenvalue weighted by Crippen LogP contribution is 2.24. The summed E-state index contributed by atoms with van der Waals surface area (Å²) in [4.78, 5) is 5.96. The summed E-state index contributed by atoms with van der Waals surface area (Å²) in [5, 5.41) is 4.72. The number of aromatic nitrogens is 1. The van der Waals surface area contributed by atoms with E-state index in [0.717, 1.165) is 6.42 Å². The first-order chi connectivity index (χ1) is 7.84. The van der Waals surface area contributed by atoms with Crippen molar-refractivity contribution in [2.75, 3.05) is 7.05 Å². The van der Waals surface area contributed by atoms with Crippen molar-refractivity contribution in [2.45, 2.75) is 59.9 Å². The zero-order valence-corrected chi connectivity index (χ0v) is 12.9. The third-order valence-corrected chi connectivity index (χ3v) is 4.48. The lowest BCUT2D eigenvalue weighted by molar-refractivity contribution is 0.263. The first kappa shape index (κ1) is 14.7. The van der Waals surface area contributed by atoms with Crippen LogP contribution < -0.4 is 5.32 Å². The van der Waals surface area contributed by atoms with E-state index in [-0.39, 0.29) is 0 Å². The van der Waals surface area contributed by atoms with Crippen LogP contribution >= 0.6 is 11.3 Å². The van der Waals surface area contributed by atoms with Gasteiger partial charge in [0.05, 0.1) is 10.7 Å². The molecule has 0 amide bonds. The molecule has 0 saturated carbocycles. The topological polar surface area (TPSA) is 24.9 Å². The Hall–Kier alpha value is -0.410. The molecule has 2 nitrogen and oxygen atoms in total. The molecule has 1 unspecified atom stereocenters. The molecule has 0 fully saturated rings. The van der Waals surface area contributed by atoms with Crippen LogP contribution in [0.3, 0.4) is 0 Å². The molecule has 98 valence electrons. The second kappa shape index (κ2) is 5.96. The van der Waals surface area contributed by atoms with Crippen molar-refractivity contribution in [1.82, 2.24) is 10.3 Å². The zero-order chi connectivity index (χ0) is 13.1. The molecule has 0 spiro atoms. The van der Waals surface area contributed by atoms with Crippen LogP contribution in [0, 0.1) is 19.3 Å². The maximum absolute atomic E-state index is 4.59. The van der Waals surface area contributed by atoms with Gasteiger partial charge in [0.25, 0.3) is 0 Å². The van der Waals surface area contributed by atoms with Gasteiger partial charge >= 0.3 is 0 Å². The van der Waals surface area contributed by atoms with E-state index in [1.807, 2.05) is 11.3 Å². The third kappa shape index (κ3) is 4.40. The molecule has 1 rings (SSSR count). The van der Waals surface area contributed by atoms with Crippen molar-refractivity contribution in [2.24, 2.45) is 5.41 Å². The normalized spacial score (nSPS) is 14.0. The molecule has 0 radical (unpaired) electrons. The van der Waals surface area contributed by atoms with Crippen LogP contribution in [0.1, 0.15) is 49.2 Å². The fraction of sp³-hybridized carbons (Fsp3) is 0.786. The number of nitrogens with zero attached hydrogens (tertiary/aromatic N) is 1. The van der Waals surface area contributed by atoms with E-state index >= 15 is 0 Å². The van der Waals surface area contributed by atoms with E-state index in [1.54, 1.807) is 0 Å². The van der Waals surface area contributed by atoms with Crippen LogP contribution in [-0.2, 0) is 6.42 Å². The number of rotatable bonds is 5. The quantitative estimate of drug-likeness (QED) is 0.866. The highest BCUT2D eigenvalue weighted by molar-refractivity contribution is 7.11. The second-order valence-corrected chi connectivity index (χ2v) is 7.14. The summed E-state index contributed by atoms with van der Waals surface area (Å²) in [5.41, 5.74) is 1.54. The molecular weight excluding hydrogens is 228 g/mol. The summed E-state index contributed by atoms with van der Waals surface area (Å²) in [6, 6.07) is 0.588. The maximum atomic E-state index is 4.59. The van der Waals surface area contributed by atoms with Gasteiger partial charge in [-0.05, 0) is 45.6 Å². The van der Waals surface area contributed by atoms with Crippen molar-refractivity contribution in [3.8, 4) is 0 Å².